The van der Waals surface area contributed by atoms with Gasteiger partial charge in [0.15, 0.2) is 5.65 Å². The maximum atomic E-state index is 12.5. The molecule has 1 amide bonds. The highest BCUT2D eigenvalue weighted by molar-refractivity contribution is 7.21. The number of hydrogen-bond donors (Lipinski definition) is 1. The van der Waals surface area contributed by atoms with Crippen LogP contribution in [0.3, 0.4) is 0 Å². The summed E-state index contributed by atoms with van der Waals surface area (Å²) in [5.41, 5.74) is 4.01. The van der Waals surface area contributed by atoms with Gasteiger partial charge in [-0.15, -0.1) is 11.3 Å². The highest BCUT2D eigenvalue weighted by Crippen LogP contribution is 2.31. The molecule has 9 heteroatoms. The number of aryl methyl sites for hydroxylation is 2. The van der Waals surface area contributed by atoms with Gasteiger partial charge in [0.2, 0.25) is 5.91 Å². The van der Waals surface area contributed by atoms with Gasteiger partial charge in [0.25, 0.3) is 5.56 Å². The van der Waals surface area contributed by atoms with Crippen LogP contribution in [0.15, 0.2) is 59.8 Å². The summed E-state index contributed by atoms with van der Waals surface area (Å²) in [6.07, 6.45) is 2.82. The van der Waals surface area contributed by atoms with Crippen LogP contribution in [0.2, 0.25) is 0 Å². The summed E-state index contributed by atoms with van der Waals surface area (Å²) < 4.78 is 3.95. The van der Waals surface area contributed by atoms with Crippen molar-refractivity contribution in [2.75, 3.05) is 5.32 Å². The molecule has 3 heterocycles. The van der Waals surface area contributed by atoms with Crippen molar-refractivity contribution in [3.8, 4) is 10.6 Å². The molecule has 5 rings (SSSR count). The Morgan fingerprint density at radius 1 is 1.16 bits per heavy atom. The van der Waals surface area contributed by atoms with Crippen LogP contribution < -0.4 is 10.9 Å². The lowest BCUT2D eigenvalue weighted by Gasteiger charge is -2.08. The first kappa shape index (κ1) is 19.1. The van der Waals surface area contributed by atoms with Crippen LogP contribution in [-0.4, -0.2) is 30.2 Å². The van der Waals surface area contributed by atoms with Gasteiger partial charge in [0, 0.05) is 18.3 Å². The fraction of sp³-hybridized carbons (Fsp3) is 0.136. The molecular formula is C22H18N6O2S. The number of carbonyl (C=O) groups excluding carboxylic acids is 1. The Morgan fingerprint density at radius 3 is 2.77 bits per heavy atom. The first-order chi connectivity index (χ1) is 15.0. The molecule has 0 aliphatic heterocycles. The van der Waals surface area contributed by atoms with E-state index in [1.807, 2.05) is 30.3 Å². The van der Waals surface area contributed by atoms with E-state index >= 15 is 0 Å². The number of nitrogens with one attached hydrogen (secondary N) is 1. The zero-order valence-corrected chi connectivity index (χ0v) is 17.7. The van der Waals surface area contributed by atoms with Crippen molar-refractivity contribution in [2.45, 2.75) is 13.5 Å². The summed E-state index contributed by atoms with van der Waals surface area (Å²) >= 11 is 1.64. The van der Waals surface area contributed by atoms with E-state index in [-0.39, 0.29) is 18.0 Å². The third-order valence-corrected chi connectivity index (χ3v) is 6.06. The third-order valence-electron chi connectivity index (χ3n) is 4.99. The fourth-order valence-corrected chi connectivity index (χ4v) is 4.46. The molecule has 154 valence electrons. The molecule has 0 radical (unpaired) electrons. The molecule has 0 bridgehead atoms. The van der Waals surface area contributed by atoms with Crippen LogP contribution in [0.1, 0.15) is 5.56 Å². The number of benzene rings is 2. The maximum absolute atomic E-state index is 12.5. The molecule has 0 saturated heterocycles. The molecule has 3 aromatic heterocycles. The van der Waals surface area contributed by atoms with E-state index in [2.05, 4.69) is 39.4 Å². The molecule has 8 nitrogen and oxygen atoms in total. The van der Waals surface area contributed by atoms with E-state index in [0.29, 0.717) is 16.7 Å². The van der Waals surface area contributed by atoms with Gasteiger partial charge in [-0.1, -0.05) is 6.07 Å². The lowest BCUT2D eigenvalue weighted by molar-refractivity contribution is -0.116. The number of rotatable bonds is 4. The van der Waals surface area contributed by atoms with Crippen LogP contribution in [0.4, 0.5) is 5.69 Å². The van der Waals surface area contributed by atoms with Gasteiger partial charge < -0.3 is 5.32 Å². The number of carbonyl (C=O) groups is 1. The molecule has 0 aliphatic carbocycles. The van der Waals surface area contributed by atoms with Crippen molar-refractivity contribution in [1.82, 2.24) is 24.3 Å². The van der Waals surface area contributed by atoms with E-state index in [4.69, 9.17) is 0 Å². The van der Waals surface area contributed by atoms with Crippen LogP contribution in [-0.2, 0) is 18.4 Å². The number of amides is 1. The summed E-state index contributed by atoms with van der Waals surface area (Å²) in [7, 11) is 1.71. The number of hydrogen-bond acceptors (Lipinski definition) is 6. The summed E-state index contributed by atoms with van der Waals surface area (Å²) in [5.74, 6) is -0.310. The fourth-order valence-electron chi connectivity index (χ4n) is 3.39. The number of aromatic nitrogens is 5. The van der Waals surface area contributed by atoms with Crippen molar-refractivity contribution < 1.29 is 4.79 Å². The highest BCUT2D eigenvalue weighted by Gasteiger charge is 2.12. The quantitative estimate of drug-likeness (QED) is 0.472. The first-order valence-corrected chi connectivity index (χ1v) is 10.4. The molecule has 0 fully saturated rings. The minimum Gasteiger partial charge on any atom is -0.325 e. The minimum absolute atomic E-state index is 0.129. The maximum Gasteiger partial charge on any atom is 0.264 e. The van der Waals surface area contributed by atoms with Crippen LogP contribution in [0, 0.1) is 6.92 Å². The molecule has 0 atom stereocenters. The lowest BCUT2D eigenvalue weighted by atomic mass is 10.2. The summed E-state index contributed by atoms with van der Waals surface area (Å²) in [6, 6.07) is 13.7. The van der Waals surface area contributed by atoms with Gasteiger partial charge in [-0.2, -0.15) is 5.10 Å². The van der Waals surface area contributed by atoms with Gasteiger partial charge in [0.1, 0.15) is 23.3 Å². The average molecular weight is 430 g/mol. The van der Waals surface area contributed by atoms with Gasteiger partial charge in [0.05, 0.1) is 16.4 Å². The lowest BCUT2D eigenvalue weighted by Crippen LogP contribution is -2.27. The third kappa shape index (κ3) is 3.59. The van der Waals surface area contributed by atoms with Crippen LogP contribution in [0.25, 0.3) is 31.8 Å². The first-order valence-electron chi connectivity index (χ1n) is 9.62. The second-order valence-electron chi connectivity index (χ2n) is 7.30. The zero-order chi connectivity index (χ0) is 21.5. The zero-order valence-electron chi connectivity index (χ0n) is 16.9. The number of anilines is 1. The van der Waals surface area contributed by atoms with Crippen molar-refractivity contribution in [3.05, 3.63) is 70.9 Å². The van der Waals surface area contributed by atoms with Crippen molar-refractivity contribution in [1.29, 1.82) is 0 Å². The predicted molar refractivity (Wildman–Crippen MR) is 121 cm³/mol. The minimum atomic E-state index is -0.310. The molecule has 0 aliphatic rings. The Morgan fingerprint density at radius 2 is 1.97 bits per heavy atom. The molecule has 0 spiro atoms. The van der Waals surface area contributed by atoms with Crippen molar-refractivity contribution in [3.63, 3.8) is 0 Å². The number of fused-ring (bicyclic) bond motifs is 2. The van der Waals surface area contributed by atoms with Gasteiger partial charge in [-0.05, 0) is 48.9 Å². The Bertz CT molecular complexity index is 1500. The normalized spacial score (nSPS) is 11.3. The second kappa shape index (κ2) is 7.44. The van der Waals surface area contributed by atoms with E-state index in [9.17, 15) is 9.59 Å². The average Bonchev–Trinajstić information content (AvgIpc) is 3.34. The standard InChI is InChI=1S/C22H18N6O2S/c1-13-3-8-17-18(9-13)31-21(26-17)14-4-6-15(7-5-14)25-19(29)11-28-12-23-20-16(22(28)30)10-24-27(20)2/h3-10,12H,11H2,1-2H3,(H,25,29). The smallest absolute Gasteiger partial charge is 0.264 e. The summed E-state index contributed by atoms with van der Waals surface area (Å²) in [5, 5.41) is 8.17. The number of nitrogens with zero attached hydrogens (tertiary/aromatic N) is 5. The van der Waals surface area contributed by atoms with Crippen LogP contribution in [0.5, 0.6) is 0 Å². The van der Waals surface area contributed by atoms with Gasteiger partial charge in [-0.25, -0.2) is 9.97 Å². The Hall–Kier alpha value is -3.85. The summed E-state index contributed by atoms with van der Waals surface area (Å²) in [6.45, 7) is 1.94. The Kier molecular flexibility index (Phi) is 4.59. The molecule has 2 aromatic carbocycles. The predicted octanol–water partition coefficient (Wildman–Crippen LogP) is 3.35. The number of thiazole rings is 1. The van der Waals surface area contributed by atoms with Crippen LogP contribution >= 0.6 is 11.3 Å². The molecular weight excluding hydrogens is 412 g/mol. The van der Waals surface area contributed by atoms with Crippen molar-refractivity contribution in [2.24, 2.45) is 7.05 Å². The topological polar surface area (TPSA) is 94.7 Å². The Balaban J connectivity index is 1.31. The molecule has 0 unspecified atom stereocenters. The summed E-state index contributed by atoms with van der Waals surface area (Å²) in [4.78, 5) is 33.9. The van der Waals surface area contributed by atoms with E-state index in [0.717, 1.165) is 20.8 Å². The monoisotopic (exact) mass is 430 g/mol. The Labute approximate surface area is 180 Å². The van der Waals surface area contributed by atoms with E-state index in [1.165, 1.54) is 27.3 Å². The highest BCUT2D eigenvalue weighted by atomic mass is 32.1. The molecule has 1 N–H and O–H groups in total. The molecule has 5 aromatic rings. The van der Waals surface area contributed by atoms with E-state index < -0.39 is 0 Å². The largest absolute Gasteiger partial charge is 0.325 e. The molecule has 0 saturated carbocycles. The van der Waals surface area contributed by atoms with Gasteiger partial charge in [-0.3, -0.25) is 18.8 Å². The second-order valence-corrected chi connectivity index (χ2v) is 8.33. The van der Waals surface area contributed by atoms with Crippen molar-refractivity contribution >= 4 is 44.2 Å². The molecule has 31 heavy (non-hydrogen) atoms. The SMILES string of the molecule is Cc1ccc2nc(-c3ccc(NC(=O)Cn4cnc5c(cnn5C)c4=O)cc3)sc2c1. The van der Waals surface area contributed by atoms with E-state index in [1.54, 1.807) is 18.4 Å². The van der Waals surface area contributed by atoms with Gasteiger partial charge >= 0.3 is 0 Å².